The van der Waals surface area contributed by atoms with Crippen LogP contribution in [0.1, 0.15) is 20.3 Å². The Morgan fingerprint density at radius 1 is 1.40 bits per heavy atom. The molecule has 1 fully saturated rings. The average Bonchev–Trinajstić information content (AvgIpc) is 2.17. The maximum absolute atomic E-state index is 11.7. The molecule has 1 N–H and O–H groups in total. The van der Waals surface area contributed by atoms with E-state index in [-0.39, 0.29) is 17.9 Å². The van der Waals surface area contributed by atoms with Crippen LogP contribution in [0.5, 0.6) is 0 Å². The minimum absolute atomic E-state index is 0.0829. The van der Waals surface area contributed by atoms with Crippen molar-refractivity contribution < 1.29 is 14.3 Å². The summed E-state index contributed by atoms with van der Waals surface area (Å²) in [5.41, 5.74) is 0. The molecule has 0 saturated carbocycles. The van der Waals surface area contributed by atoms with E-state index >= 15 is 0 Å². The van der Waals surface area contributed by atoms with Gasteiger partial charge in [-0.25, -0.2) is 0 Å². The predicted molar refractivity (Wildman–Crippen MR) is 55.3 cm³/mol. The van der Waals surface area contributed by atoms with E-state index in [9.17, 15) is 9.59 Å². The van der Waals surface area contributed by atoms with Crippen LogP contribution in [0.15, 0.2) is 0 Å². The van der Waals surface area contributed by atoms with Gasteiger partial charge in [-0.1, -0.05) is 0 Å². The van der Waals surface area contributed by atoms with Crippen molar-refractivity contribution in [3.8, 4) is 0 Å². The lowest BCUT2D eigenvalue weighted by atomic mass is 10.2. The first-order valence-electron chi connectivity index (χ1n) is 5.22. The molecule has 0 aromatic rings. The van der Waals surface area contributed by atoms with E-state index in [0.717, 1.165) is 0 Å². The second-order valence-electron chi connectivity index (χ2n) is 3.80. The fourth-order valence-electron chi connectivity index (χ4n) is 1.60. The Hall–Kier alpha value is -1.10. The van der Waals surface area contributed by atoms with Gasteiger partial charge in [0.1, 0.15) is 0 Å². The topological polar surface area (TPSA) is 58.6 Å². The van der Waals surface area contributed by atoms with Crippen molar-refractivity contribution in [1.82, 2.24) is 10.2 Å². The van der Waals surface area contributed by atoms with Crippen LogP contribution in [0.25, 0.3) is 0 Å². The third kappa shape index (κ3) is 4.29. The summed E-state index contributed by atoms with van der Waals surface area (Å²) >= 11 is 0. The smallest absolute Gasteiger partial charge is 0.224 e. The molecular formula is C10H18N2O3. The van der Waals surface area contributed by atoms with Crippen molar-refractivity contribution in [2.75, 3.05) is 26.3 Å². The highest BCUT2D eigenvalue weighted by Gasteiger charge is 2.18. The summed E-state index contributed by atoms with van der Waals surface area (Å²) in [6, 6.07) is -0.0992. The van der Waals surface area contributed by atoms with Gasteiger partial charge < -0.3 is 15.0 Å². The molecule has 1 heterocycles. The Kier molecular flexibility index (Phi) is 4.55. The number of nitrogens with one attached hydrogen (secondary N) is 1. The van der Waals surface area contributed by atoms with E-state index in [1.54, 1.807) is 4.90 Å². The molecule has 5 nitrogen and oxygen atoms in total. The predicted octanol–water partition coefficient (Wildman–Crippen LogP) is -0.240. The molecule has 1 unspecified atom stereocenters. The van der Waals surface area contributed by atoms with Crippen molar-refractivity contribution in [3.05, 3.63) is 0 Å². The van der Waals surface area contributed by atoms with Crippen molar-refractivity contribution >= 4 is 11.8 Å². The average molecular weight is 214 g/mol. The van der Waals surface area contributed by atoms with Crippen LogP contribution in [0.3, 0.4) is 0 Å². The number of nitrogens with zero attached hydrogens (tertiary/aromatic N) is 1. The maximum Gasteiger partial charge on any atom is 0.224 e. The Bertz CT molecular complexity index is 237. The molecule has 1 saturated heterocycles. The summed E-state index contributed by atoms with van der Waals surface area (Å²) < 4.78 is 5.16. The lowest BCUT2D eigenvalue weighted by Crippen LogP contribution is -2.43. The molecule has 0 spiro atoms. The molecule has 0 aromatic heterocycles. The minimum atomic E-state index is -0.0997. The van der Waals surface area contributed by atoms with Gasteiger partial charge in [-0.05, 0) is 6.92 Å². The Labute approximate surface area is 89.8 Å². The quantitative estimate of drug-likeness (QED) is 0.705. The van der Waals surface area contributed by atoms with Crippen molar-refractivity contribution in [2.45, 2.75) is 26.3 Å². The van der Waals surface area contributed by atoms with Crippen LogP contribution < -0.4 is 5.32 Å². The van der Waals surface area contributed by atoms with Gasteiger partial charge in [0.05, 0.1) is 13.2 Å². The van der Waals surface area contributed by atoms with E-state index in [1.165, 1.54) is 6.92 Å². The lowest BCUT2D eigenvalue weighted by Gasteiger charge is -2.28. The van der Waals surface area contributed by atoms with Gasteiger partial charge in [-0.15, -0.1) is 0 Å². The van der Waals surface area contributed by atoms with Gasteiger partial charge >= 0.3 is 0 Å². The highest BCUT2D eigenvalue weighted by Crippen LogP contribution is 2.02. The Morgan fingerprint density at radius 3 is 2.53 bits per heavy atom. The molecule has 1 rings (SSSR count). The number of hydrogen-bond acceptors (Lipinski definition) is 3. The summed E-state index contributed by atoms with van der Waals surface area (Å²) in [7, 11) is 0. The van der Waals surface area contributed by atoms with Gasteiger partial charge in [0.15, 0.2) is 0 Å². The third-order valence-corrected chi connectivity index (χ3v) is 2.29. The van der Waals surface area contributed by atoms with Crippen molar-refractivity contribution in [1.29, 1.82) is 0 Å². The highest BCUT2D eigenvalue weighted by molar-refractivity contribution is 5.78. The third-order valence-electron chi connectivity index (χ3n) is 2.29. The molecule has 15 heavy (non-hydrogen) atoms. The van der Waals surface area contributed by atoms with Crippen molar-refractivity contribution in [3.63, 3.8) is 0 Å². The van der Waals surface area contributed by atoms with E-state index < -0.39 is 0 Å². The van der Waals surface area contributed by atoms with Crippen LogP contribution in [-0.4, -0.2) is 49.1 Å². The van der Waals surface area contributed by atoms with E-state index in [0.29, 0.717) is 32.7 Å². The van der Waals surface area contributed by atoms with Crippen LogP contribution in [0.2, 0.25) is 0 Å². The number of amides is 2. The summed E-state index contributed by atoms with van der Waals surface area (Å²) in [5.74, 6) is -0.0168. The first kappa shape index (κ1) is 12.0. The molecule has 0 aromatic carbocycles. The van der Waals surface area contributed by atoms with Crippen LogP contribution >= 0.6 is 0 Å². The largest absolute Gasteiger partial charge is 0.378 e. The Balaban J connectivity index is 2.30. The molecule has 1 atom stereocenters. The first-order chi connectivity index (χ1) is 7.09. The highest BCUT2D eigenvalue weighted by atomic mass is 16.5. The van der Waals surface area contributed by atoms with Crippen LogP contribution in [-0.2, 0) is 14.3 Å². The SMILES string of the molecule is CC(=O)NC(C)CC(=O)N1CCOCC1. The zero-order chi connectivity index (χ0) is 11.3. The van der Waals surface area contributed by atoms with E-state index in [2.05, 4.69) is 5.32 Å². The molecule has 5 heteroatoms. The fourth-order valence-corrected chi connectivity index (χ4v) is 1.60. The number of carbonyl (C=O) groups is 2. The molecular weight excluding hydrogens is 196 g/mol. The van der Waals surface area contributed by atoms with E-state index in [1.807, 2.05) is 6.92 Å². The number of ether oxygens (including phenoxy) is 1. The van der Waals surface area contributed by atoms with Gasteiger partial charge in [0, 0.05) is 32.5 Å². The van der Waals surface area contributed by atoms with Gasteiger partial charge in [0.25, 0.3) is 0 Å². The van der Waals surface area contributed by atoms with Crippen LogP contribution in [0.4, 0.5) is 0 Å². The molecule has 1 aliphatic rings. The summed E-state index contributed by atoms with van der Waals surface area (Å²) in [5, 5.41) is 2.70. The molecule has 0 bridgehead atoms. The molecule has 2 amide bonds. The number of rotatable bonds is 3. The first-order valence-corrected chi connectivity index (χ1v) is 5.22. The summed E-state index contributed by atoms with van der Waals surface area (Å²) in [6.07, 6.45) is 0.361. The molecule has 86 valence electrons. The standard InChI is InChI=1S/C10H18N2O3/c1-8(11-9(2)13)7-10(14)12-3-5-15-6-4-12/h8H,3-7H2,1-2H3,(H,11,13). The zero-order valence-electron chi connectivity index (χ0n) is 9.28. The monoisotopic (exact) mass is 214 g/mol. The van der Waals surface area contributed by atoms with Gasteiger partial charge in [-0.2, -0.15) is 0 Å². The summed E-state index contributed by atoms with van der Waals surface area (Å²) in [6.45, 7) is 5.83. The van der Waals surface area contributed by atoms with Gasteiger partial charge in [-0.3, -0.25) is 9.59 Å². The minimum Gasteiger partial charge on any atom is -0.378 e. The zero-order valence-corrected chi connectivity index (χ0v) is 9.28. The normalized spacial score (nSPS) is 18.4. The van der Waals surface area contributed by atoms with Crippen molar-refractivity contribution in [2.24, 2.45) is 0 Å². The molecule has 1 aliphatic heterocycles. The molecule has 0 aliphatic carbocycles. The van der Waals surface area contributed by atoms with E-state index in [4.69, 9.17) is 4.74 Å². The second kappa shape index (κ2) is 5.70. The maximum atomic E-state index is 11.7. The lowest BCUT2D eigenvalue weighted by molar-refractivity contribution is -0.135. The second-order valence-corrected chi connectivity index (χ2v) is 3.80. The molecule has 0 radical (unpaired) electrons. The number of carbonyl (C=O) groups excluding carboxylic acids is 2. The van der Waals surface area contributed by atoms with Crippen LogP contribution in [0, 0.1) is 0 Å². The fraction of sp³-hybridized carbons (Fsp3) is 0.800. The Morgan fingerprint density at radius 2 is 2.00 bits per heavy atom. The number of morpholine rings is 1. The van der Waals surface area contributed by atoms with Gasteiger partial charge in [0.2, 0.25) is 11.8 Å². The summed E-state index contributed by atoms with van der Waals surface area (Å²) in [4.78, 5) is 24.2. The number of hydrogen-bond donors (Lipinski definition) is 1.